The third-order valence-electron chi connectivity index (χ3n) is 7.97. The van der Waals surface area contributed by atoms with Crippen molar-refractivity contribution >= 4 is 30.0 Å². The zero-order valence-corrected chi connectivity index (χ0v) is 22.9. The minimum absolute atomic E-state index is 0. The van der Waals surface area contributed by atoms with Gasteiger partial charge in [0, 0.05) is 18.8 Å². The number of benzene rings is 2. The number of hydrogen-bond acceptors (Lipinski definition) is 5. The quantitative estimate of drug-likeness (QED) is 0.416. The molecule has 2 aromatic rings. The van der Waals surface area contributed by atoms with Crippen molar-refractivity contribution in [1.82, 2.24) is 4.90 Å². The molecule has 1 N–H and O–H groups in total. The highest BCUT2D eigenvalue weighted by molar-refractivity contribution is 5.97. The number of amides is 1. The molecule has 1 atom stereocenters. The van der Waals surface area contributed by atoms with Gasteiger partial charge in [-0.2, -0.15) is 0 Å². The van der Waals surface area contributed by atoms with Crippen molar-refractivity contribution in [3.63, 3.8) is 0 Å². The van der Waals surface area contributed by atoms with E-state index in [0.717, 1.165) is 43.4 Å². The molecule has 0 aromatic heterocycles. The number of alkyl halides is 3. The van der Waals surface area contributed by atoms with Gasteiger partial charge < -0.3 is 19.5 Å². The molecular formula is C29H34ClF3N2O5. The lowest BCUT2D eigenvalue weighted by Gasteiger charge is -2.31. The number of fused-ring (bicyclic) bond motifs is 1. The van der Waals surface area contributed by atoms with Gasteiger partial charge in [-0.15, -0.1) is 25.6 Å². The fourth-order valence-electron chi connectivity index (χ4n) is 6.03. The van der Waals surface area contributed by atoms with E-state index in [0.29, 0.717) is 49.4 Å². The SMILES string of the molecule is Cl.O=C(O)[C@@H]1CCCN(CC(=O)N2CCc3cc(OCc4ccc(C5CCCC5)c(OC(F)(F)F)c4)ccc32)C1. The highest BCUT2D eigenvalue weighted by Crippen LogP contribution is 2.41. The van der Waals surface area contributed by atoms with Crippen LogP contribution in [0.25, 0.3) is 0 Å². The summed E-state index contributed by atoms with van der Waals surface area (Å²) in [6.45, 7) is 1.89. The lowest BCUT2D eigenvalue weighted by Crippen LogP contribution is -2.45. The van der Waals surface area contributed by atoms with Crippen LogP contribution in [0.15, 0.2) is 36.4 Å². The van der Waals surface area contributed by atoms with Gasteiger partial charge in [0.1, 0.15) is 18.1 Å². The second-order valence-electron chi connectivity index (χ2n) is 10.7. The summed E-state index contributed by atoms with van der Waals surface area (Å²) in [6.07, 6.45) is 1.03. The number of nitrogens with zero attached hydrogens (tertiary/aromatic N) is 2. The minimum atomic E-state index is -4.76. The van der Waals surface area contributed by atoms with E-state index in [1.807, 2.05) is 17.0 Å². The maximum atomic E-state index is 13.1. The first-order valence-electron chi connectivity index (χ1n) is 13.6. The van der Waals surface area contributed by atoms with Gasteiger partial charge in [0.05, 0.1) is 12.5 Å². The Kier molecular flexibility index (Phi) is 9.51. The van der Waals surface area contributed by atoms with Crippen molar-refractivity contribution < 1.29 is 37.3 Å². The Morgan fingerprint density at radius 3 is 2.50 bits per heavy atom. The minimum Gasteiger partial charge on any atom is -0.489 e. The van der Waals surface area contributed by atoms with Gasteiger partial charge >= 0.3 is 12.3 Å². The molecule has 11 heteroatoms. The van der Waals surface area contributed by atoms with Gasteiger partial charge in [-0.05, 0) is 85.5 Å². The van der Waals surface area contributed by atoms with Gasteiger partial charge in [-0.3, -0.25) is 14.5 Å². The van der Waals surface area contributed by atoms with E-state index >= 15 is 0 Å². The van der Waals surface area contributed by atoms with E-state index in [4.69, 9.17) is 4.74 Å². The van der Waals surface area contributed by atoms with Crippen molar-refractivity contribution in [2.45, 2.75) is 63.8 Å². The Labute approximate surface area is 237 Å². The van der Waals surface area contributed by atoms with E-state index in [-0.39, 0.29) is 43.1 Å². The summed E-state index contributed by atoms with van der Waals surface area (Å²) in [5, 5.41) is 9.30. The number of anilines is 1. The Morgan fingerprint density at radius 1 is 1.00 bits per heavy atom. The molecule has 0 bridgehead atoms. The predicted octanol–water partition coefficient (Wildman–Crippen LogP) is 5.93. The predicted molar refractivity (Wildman–Crippen MR) is 145 cm³/mol. The molecule has 1 amide bonds. The molecule has 1 saturated heterocycles. The highest BCUT2D eigenvalue weighted by atomic mass is 35.5. The average Bonchev–Trinajstić information content (AvgIpc) is 3.57. The van der Waals surface area contributed by atoms with Gasteiger partial charge in [-0.1, -0.05) is 25.0 Å². The van der Waals surface area contributed by atoms with Gasteiger partial charge in [-0.25, -0.2) is 0 Å². The van der Waals surface area contributed by atoms with Gasteiger partial charge in [0.25, 0.3) is 0 Å². The fourth-order valence-corrected chi connectivity index (χ4v) is 6.03. The fraction of sp³-hybridized carbons (Fsp3) is 0.517. The summed E-state index contributed by atoms with van der Waals surface area (Å²) in [5.41, 5.74) is 2.94. The third-order valence-corrected chi connectivity index (χ3v) is 7.97. The van der Waals surface area contributed by atoms with E-state index < -0.39 is 18.2 Å². The smallest absolute Gasteiger partial charge is 0.489 e. The van der Waals surface area contributed by atoms with E-state index in [9.17, 15) is 27.9 Å². The first-order chi connectivity index (χ1) is 18.7. The summed E-state index contributed by atoms with van der Waals surface area (Å²) >= 11 is 0. The monoisotopic (exact) mass is 582 g/mol. The van der Waals surface area contributed by atoms with Crippen LogP contribution in [0.4, 0.5) is 18.9 Å². The number of carbonyl (C=O) groups excluding carboxylic acids is 1. The summed E-state index contributed by atoms with van der Waals surface area (Å²) in [7, 11) is 0. The normalized spacial score (nSPS) is 19.7. The van der Waals surface area contributed by atoms with Crippen LogP contribution in [0.3, 0.4) is 0 Å². The Bertz CT molecular complexity index is 1220. The first kappa shape index (κ1) is 30.0. The molecule has 7 nitrogen and oxygen atoms in total. The molecule has 2 aliphatic heterocycles. The Hall–Kier alpha value is -2.98. The van der Waals surface area contributed by atoms with Crippen molar-refractivity contribution in [3.05, 3.63) is 53.1 Å². The highest BCUT2D eigenvalue weighted by Gasteiger charge is 2.34. The average molecular weight is 583 g/mol. The summed E-state index contributed by atoms with van der Waals surface area (Å²) in [6, 6.07) is 10.4. The molecule has 3 aliphatic rings. The number of halogens is 4. The van der Waals surface area contributed by atoms with Gasteiger partial charge in [0.15, 0.2) is 0 Å². The number of ether oxygens (including phenoxy) is 2. The number of likely N-dealkylation sites (tertiary alicyclic amines) is 1. The van der Waals surface area contributed by atoms with E-state index in [2.05, 4.69) is 4.74 Å². The van der Waals surface area contributed by atoms with Crippen molar-refractivity contribution in [1.29, 1.82) is 0 Å². The maximum Gasteiger partial charge on any atom is 0.573 e. The maximum absolute atomic E-state index is 13.1. The second kappa shape index (κ2) is 12.7. The standard InChI is InChI=1S/C29H33F3N2O5.ClH/c30-29(31,32)39-26-14-19(7-9-24(26)20-4-1-2-5-20)18-38-23-8-10-25-21(15-23)11-13-34(25)27(35)17-33-12-3-6-22(16-33)28(36)37;/h7-10,14-15,20,22H,1-6,11-13,16-18H2,(H,36,37);1H/t22-;/m1./s1. The number of carboxylic acids is 1. The molecular weight excluding hydrogens is 549 g/mol. The third kappa shape index (κ3) is 7.20. The number of carbonyl (C=O) groups is 2. The number of hydrogen-bond donors (Lipinski definition) is 1. The van der Waals surface area contributed by atoms with Crippen molar-refractivity contribution in [2.75, 3.05) is 31.1 Å². The largest absolute Gasteiger partial charge is 0.573 e. The first-order valence-corrected chi connectivity index (χ1v) is 13.6. The Morgan fingerprint density at radius 2 is 1.77 bits per heavy atom. The lowest BCUT2D eigenvalue weighted by molar-refractivity contribution is -0.275. The van der Waals surface area contributed by atoms with Crippen LogP contribution >= 0.6 is 12.4 Å². The number of aliphatic carboxylic acids is 1. The number of carboxylic acid groups (broad SMARTS) is 1. The molecule has 2 fully saturated rings. The summed E-state index contributed by atoms with van der Waals surface area (Å²) in [5.74, 6) is -0.822. The van der Waals surface area contributed by atoms with Crippen LogP contribution in [-0.2, 0) is 22.6 Å². The molecule has 2 heterocycles. The molecule has 5 rings (SSSR count). The van der Waals surface area contributed by atoms with Crippen molar-refractivity contribution in [3.8, 4) is 11.5 Å². The zero-order chi connectivity index (χ0) is 27.6. The number of rotatable bonds is 8. The zero-order valence-electron chi connectivity index (χ0n) is 22.1. The summed E-state index contributed by atoms with van der Waals surface area (Å²) in [4.78, 5) is 28.0. The van der Waals surface area contributed by atoms with Crippen LogP contribution in [0.1, 0.15) is 61.1 Å². The second-order valence-corrected chi connectivity index (χ2v) is 10.7. The molecule has 218 valence electrons. The lowest BCUT2D eigenvalue weighted by atomic mass is 9.95. The number of piperidine rings is 1. The van der Waals surface area contributed by atoms with Crippen LogP contribution in [0.2, 0.25) is 0 Å². The van der Waals surface area contributed by atoms with Gasteiger partial charge in [0.2, 0.25) is 5.91 Å². The molecule has 1 saturated carbocycles. The summed E-state index contributed by atoms with van der Waals surface area (Å²) < 4.78 is 49.5. The van der Waals surface area contributed by atoms with E-state index in [1.165, 1.54) is 6.07 Å². The van der Waals surface area contributed by atoms with E-state index in [1.54, 1.807) is 23.1 Å². The molecule has 0 spiro atoms. The molecule has 1 aliphatic carbocycles. The molecule has 2 aromatic carbocycles. The molecule has 0 unspecified atom stereocenters. The van der Waals surface area contributed by atoms with Crippen LogP contribution < -0.4 is 14.4 Å². The van der Waals surface area contributed by atoms with Crippen LogP contribution in [0.5, 0.6) is 11.5 Å². The van der Waals surface area contributed by atoms with Crippen LogP contribution in [0, 0.1) is 5.92 Å². The van der Waals surface area contributed by atoms with Crippen molar-refractivity contribution in [2.24, 2.45) is 5.92 Å². The Balaban J connectivity index is 0.00000370. The molecule has 40 heavy (non-hydrogen) atoms. The molecule has 0 radical (unpaired) electrons. The topological polar surface area (TPSA) is 79.3 Å². The van der Waals surface area contributed by atoms with Crippen LogP contribution in [-0.4, -0.2) is 54.4 Å².